The van der Waals surface area contributed by atoms with E-state index in [9.17, 15) is 9.18 Å². The van der Waals surface area contributed by atoms with Crippen molar-refractivity contribution in [2.75, 3.05) is 24.3 Å². The Morgan fingerprint density at radius 3 is 2.65 bits per heavy atom. The van der Waals surface area contributed by atoms with Crippen LogP contribution in [0.1, 0.15) is 33.6 Å². The third-order valence-electron chi connectivity index (χ3n) is 3.89. The van der Waals surface area contributed by atoms with Crippen molar-refractivity contribution in [3.63, 3.8) is 0 Å². The zero-order valence-corrected chi connectivity index (χ0v) is 16.1. The van der Waals surface area contributed by atoms with Crippen LogP contribution in [0.25, 0.3) is 0 Å². The Bertz CT molecular complexity index is 668. The fourth-order valence-corrected chi connectivity index (χ4v) is 2.73. The lowest BCUT2D eigenvalue weighted by molar-refractivity contribution is 0.0210. The number of rotatable bonds is 4. The predicted octanol–water partition coefficient (Wildman–Crippen LogP) is 3.86. The van der Waals surface area contributed by atoms with E-state index >= 15 is 0 Å². The number of anilines is 1. The highest BCUT2D eigenvalue weighted by atomic mass is 35.5. The third-order valence-corrected chi connectivity index (χ3v) is 4.16. The molecule has 1 aromatic rings. The normalized spacial score (nSPS) is 16.5. The number of para-hydroxylation sites is 1. The molecule has 0 atom stereocenters. The number of hydrogen-bond donors (Lipinski definition) is 2. The summed E-state index contributed by atoms with van der Waals surface area (Å²) in [4.78, 5) is 18.0. The highest BCUT2D eigenvalue weighted by molar-refractivity contribution is 6.28. The molecule has 0 aliphatic carbocycles. The van der Waals surface area contributed by atoms with Gasteiger partial charge < -0.3 is 20.7 Å². The van der Waals surface area contributed by atoms with Crippen molar-refractivity contribution < 1.29 is 13.9 Å². The van der Waals surface area contributed by atoms with Gasteiger partial charge in [-0.25, -0.2) is 14.2 Å². The Morgan fingerprint density at radius 2 is 2.08 bits per heavy atom. The number of amides is 1. The van der Waals surface area contributed by atoms with Crippen molar-refractivity contribution >= 4 is 34.9 Å². The van der Waals surface area contributed by atoms with E-state index in [4.69, 9.17) is 22.1 Å². The molecule has 1 aromatic carbocycles. The number of hydrogen-bond acceptors (Lipinski definition) is 4. The van der Waals surface area contributed by atoms with Gasteiger partial charge in [0.25, 0.3) is 0 Å². The van der Waals surface area contributed by atoms with Crippen molar-refractivity contribution in [1.82, 2.24) is 4.90 Å². The minimum Gasteiger partial charge on any atom is -0.444 e. The lowest BCUT2D eigenvalue weighted by Gasteiger charge is -2.34. The van der Waals surface area contributed by atoms with Crippen LogP contribution in [0.4, 0.5) is 20.6 Å². The van der Waals surface area contributed by atoms with Gasteiger partial charge in [0.1, 0.15) is 17.3 Å². The Kier molecular flexibility index (Phi) is 6.69. The van der Waals surface area contributed by atoms with Gasteiger partial charge in [-0.1, -0.05) is 6.07 Å². The van der Waals surface area contributed by atoms with E-state index < -0.39 is 11.4 Å². The molecule has 2 rings (SSSR count). The third kappa shape index (κ3) is 5.76. The maximum absolute atomic E-state index is 14.3. The molecule has 0 bridgehead atoms. The number of piperidine rings is 1. The first kappa shape index (κ1) is 20.3. The Morgan fingerprint density at radius 1 is 1.42 bits per heavy atom. The van der Waals surface area contributed by atoms with Gasteiger partial charge in [-0.2, -0.15) is 0 Å². The molecule has 1 heterocycles. The standard InChI is InChI=1S/C18H26ClFN4O2/c1-18(2,3)26-17(25)24-9-7-12(8-10-24)22-16-13(20)5-4-6-14(16)23-15(21)11-19/h4-6,12,22H,7-11H2,1-3H3,(H2,21,23). The number of carbonyl (C=O) groups excluding carboxylic acids is 1. The largest absolute Gasteiger partial charge is 0.444 e. The fourth-order valence-electron chi connectivity index (χ4n) is 2.67. The highest BCUT2D eigenvalue weighted by Gasteiger charge is 2.27. The molecular formula is C18H26ClFN4O2. The SMILES string of the molecule is CC(C)(C)OC(=O)N1CCC(Nc2c(F)cccc2N=C(N)CCl)CC1. The molecule has 0 radical (unpaired) electrons. The molecule has 1 aliphatic rings. The van der Waals surface area contributed by atoms with E-state index in [1.165, 1.54) is 6.07 Å². The Labute approximate surface area is 158 Å². The number of amidine groups is 1. The minimum atomic E-state index is -0.519. The first-order valence-corrected chi connectivity index (χ1v) is 9.15. The molecule has 1 aliphatic heterocycles. The summed E-state index contributed by atoms with van der Waals surface area (Å²) >= 11 is 5.66. The summed E-state index contributed by atoms with van der Waals surface area (Å²) < 4.78 is 19.6. The first-order chi connectivity index (χ1) is 12.2. The summed E-state index contributed by atoms with van der Waals surface area (Å²) in [5, 5.41) is 3.20. The number of nitrogens with two attached hydrogens (primary N) is 1. The van der Waals surface area contributed by atoms with Crippen LogP contribution in [0.2, 0.25) is 0 Å². The van der Waals surface area contributed by atoms with Crippen LogP contribution < -0.4 is 11.1 Å². The van der Waals surface area contributed by atoms with E-state index in [-0.39, 0.29) is 23.9 Å². The second-order valence-electron chi connectivity index (χ2n) is 7.26. The number of benzene rings is 1. The summed E-state index contributed by atoms with van der Waals surface area (Å²) in [6, 6.07) is 4.65. The van der Waals surface area contributed by atoms with Crippen molar-refractivity contribution in [2.24, 2.45) is 10.7 Å². The fraction of sp³-hybridized carbons (Fsp3) is 0.556. The molecular weight excluding hydrogens is 359 g/mol. The maximum Gasteiger partial charge on any atom is 0.410 e. The monoisotopic (exact) mass is 384 g/mol. The number of nitrogens with one attached hydrogen (secondary N) is 1. The molecule has 3 N–H and O–H groups in total. The number of carbonyl (C=O) groups is 1. The number of nitrogens with zero attached hydrogens (tertiary/aromatic N) is 2. The molecule has 1 fully saturated rings. The lowest BCUT2D eigenvalue weighted by Crippen LogP contribution is -2.44. The quantitative estimate of drug-likeness (QED) is 0.469. The Balaban J connectivity index is 2.01. The summed E-state index contributed by atoms with van der Waals surface area (Å²) in [6.07, 6.45) is 1.05. The zero-order valence-electron chi connectivity index (χ0n) is 15.4. The molecule has 8 heteroatoms. The van der Waals surface area contributed by atoms with Gasteiger partial charge in [-0.05, 0) is 45.7 Å². The average molecular weight is 385 g/mol. The number of halogens is 2. The van der Waals surface area contributed by atoms with Crippen LogP contribution in [0.5, 0.6) is 0 Å². The molecule has 0 aromatic heterocycles. The minimum absolute atomic E-state index is 0.0248. The highest BCUT2D eigenvalue weighted by Crippen LogP contribution is 2.30. The van der Waals surface area contributed by atoms with Crippen molar-refractivity contribution in [1.29, 1.82) is 0 Å². The number of alkyl halides is 1. The van der Waals surface area contributed by atoms with Crippen molar-refractivity contribution in [3.05, 3.63) is 24.0 Å². The summed E-state index contributed by atoms with van der Waals surface area (Å²) in [5.41, 5.74) is 5.87. The first-order valence-electron chi connectivity index (χ1n) is 8.61. The molecule has 1 amide bonds. The number of aliphatic imine (C=N–C) groups is 1. The van der Waals surface area contributed by atoms with Crippen LogP contribution in [-0.4, -0.2) is 47.4 Å². The Hall–Kier alpha value is -2.02. The van der Waals surface area contributed by atoms with Gasteiger partial charge in [-0.3, -0.25) is 0 Å². The van der Waals surface area contributed by atoms with Crippen molar-refractivity contribution in [3.8, 4) is 0 Å². The molecule has 6 nitrogen and oxygen atoms in total. The van der Waals surface area contributed by atoms with Gasteiger partial charge in [0.2, 0.25) is 0 Å². The second-order valence-corrected chi connectivity index (χ2v) is 7.52. The van der Waals surface area contributed by atoms with Gasteiger partial charge in [0.15, 0.2) is 0 Å². The smallest absolute Gasteiger partial charge is 0.410 e. The van der Waals surface area contributed by atoms with Crippen LogP contribution in [0, 0.1) is 5.82 Å². The molecule has 144 valence electrons. The van der Waals surface area contributed by atoms with E-state index in [0.29, 0.717) is 37.3 Å². The number of likely N-dealkylation sites (tertiary alicyclic amines) is 1. The zero-order chi connectivity index (χ0) is 19.3. The molecule has 26 heavy (non-hydrogen) atoms. The van der Waals surface area contributed by atoms with E-state index in [2.05, 4.69) is 10.3 Å². The molecule has 1 saturated heterocycles. The molecule has 0 saturated carbocycles. The summed E-state index contributed by atoms with van der Waals surface area (Å²) in [5.74, 6) is -0.104. The van der Waals surface area contributed by atoms with E-state index in [1.54, 1.807) is 17.0 Å². The average Bonchev–Trinajstić information content (AvgIpc) is 2.57. The summed E-state index contributed by atoms with van der Waals surface area (Å²) in [6.45, 7) is 6.61. The molecule has 0 spiro atoms. The topological polar surface area (TPSA) is 80.0 Å². The van der Waals surface area contributed by atoms with Crippen LogP contribution in [-0.2, 0) is 4.74 Å². The van der Waals surface area contributed by atoms with Gasteiger partial charge in [-0.15, -0.1) is 11.6 Å². The second kappa shape index (κ2) is 8.58. The molecule has 0 unspecified atom stereocenters. The van der Waals surface area contributed by atoms with Crippen LogP contribution in [0.3, 0.4) is 0 Å². The number of ether oxygens (including phenoxy) is 1. The lowest BCUT2D eigenvalue weighted by atomic mass is 10.0. The van der Waals surface area contributed by atoms with Crippen LogP contribution in [0.15, 0.2) is 23.2 Å². The summed E-state index contributed by atoms with van der Waals surface area (Å²) in [7, 11) is 0. The maximum atomic E-state index is 14.3. The van der Waals surface area contributed by atoms with Crippen LogP contribution >= 0.6 is 11.6 Å². The van der Waals surface area contributed by atoms with Gasteiger partial charge >= 0.3 is 6.09 Å². The predicted molar refractivity (Wildman–Crippen MR) is 103 cm³/mol. The van der Waals surface area contributed by atoms with E-state index in [1.807, 2.05) is 20.8 Å². The van der Waals surface area contributed by atoms with Gasteiger partial charge in [0.05, 0.1) is 17.3 Å². The van der Waals surface area contributed by atoms with E-state index in [0.717, 1.165) is 0 Å². The van der Waals surface area contributed by atoms with Crippen molar-refractivity contribution in [2.45, 2.75) is 45.3 Å². The van der Waals surface area contributed by atoms with Gasteiger partial charge in [0, 0.05) is 19.1 Å².